The van der Waals surface area contributed by atoms with Crippen molar-refractivity contribution in [2.24, 2.45) is 11.8 Å². The summed E-state index contributed by atoms with van der Waals surface area (Å²) in [5.41, 5.74) is 0.321. The van der Waals surface area contributed by atoms with Crippen molar-refractivity contribution in [3.63, 3.8) is 0 Å². The van der Waals surface area contributed by atoms with Crippen molar-refractivity contribution in [1.29, 1.82) is 0 Å². The molecule has 1 saturated carbocycles. The van der Waals surface area contributed by atoms with Gasteiger partial charge in [0.2, 0.25) is 5.91 Å². The number of amides is 1. The molecule has 1 aliphatic heterocycles. The van der Waals surface area contributed by atoms with Gasteiger partial charge in [-0.2, -0.15) is 0 Å². The van der Waals surface area contributed by atoms with Gasteiger partial charge in [0.05, 0.1) is 26.4 Å². The molecule has 1 saturated heterocycles. The second-order valence-corrected chi connectivity index (χ2v) is 9.95. The molecule has 6 heteroatoms. The Labute approximate surface area is 200 Å². The molecular weight excluding hydrogens is 416 g/mol. The Hall–Kier alpha value is -1.79. The highest BCUT2D eigenvalue weighted by Gasteiger charge is 2.50. The summed E-state index contributed by atoms with van der Waals surface area (Å²) in [5, 5.41) is 14.8. The summed E-state index contributed by atoms with van der Waals surface area (Å²) >= 11 is 0. The molecule has 3 rings (SSSR count). The molecule has 1 amide bonds. The number of fused-ring (bicyclic) bond motifs is 1. The van der Waals surface area contributed by atoms with Crippen LogP contribution in [0.1, 0.15) is 83.2 Å². The molecule has 4 atom stereocenters. The Morgan fingerprint density at radius 3 is 2.76 bits per heavy atom. The van der Waals surface area contributed by atoms with Crippen LogP contribution >= 0.6 is 0 Å². The summed E-state index contributed by atoms with van der Waals surface area (Å²) in [7, 11) is 3.34. The zero-order chi connectivity index (χ0) is 23.8. The van der Waals surface area contributed by atoms with Crippen LogP contribution in [0.5, 0.6) is 11.5 Å². The van der Waals surface area contributed by atoms with Crippen molar-refractivity contribution < 1.29 is 19.4 Å². The zero-order valence-electron chi connectivity index (χ0n) is 21.1. The third-order valence-corrected chi connectivity index (χ3v) is 7.90. The highest BCUT2D eigenvalue weighted by molar-refractivity contribution is 5.78. The van der Waals surface area contributed by atoms with Crippen LogP contribution in [0.15, 0.2) is 18.2 Å². The van der Waals surface area contributed by atoms with E-state index in [0.717, 1.165) is 62.1 Å². The molecule has 186 valence electrons. The maximum Gasteiger partial charge on any atom is 0.234 e. The Kier molecular flexibility index (Phi) is 9.45. The average molecular weight is 461 g/mol. The molecule has 1 aromatic carbocycles. The number of benzene rings is 1. The minimum Gasteiger partial charge on any atom is -0.497 e. The van der Waals surface area contributed by atoms with Crippen LogP contribution in [0.4, 0.5) is 0 Å². The SMILES string of the molecule is CCCC[C@H](CC)CNC(=O)CN1CC[C@@]2(O)CCCC[C@@H]2[C@@H]1c1cc(OC)ccc1OC. The fourth-order valence-electron chi connectivity index (χ4n) is 5.85. The zero-order valence-corrected chi connectivity index (χ0v) is 21.1. The minimum absolute atomic E-state index is 0.0676. The van der Waals surface area contributed by atoms with Crippen molar-refractivity contribution in [3.8, 4) is 11.5 Å². The number of carbonyl (C=O) groups excluding carboxylic acids is 1. The van der Waals surface area contributed by atoms with Crippen molar-refractivity contribution in [1.82, 2.24) is 10.2 Å². The number of nitrogens with one attached hydrogen (secondary N) is 1. The number of unbranched alkanes of at least 4 members (excludes halogenated alkanes) is 1. The van der Waals surface area contributed by atoms with Crippen LogP contribution in [0.25, 0.3) is 0 Å². The van der Waals surface area contributed by atoms with Crippen LogP contribution in [0.2, 0.25) is 0 Å². The summed E-state index contributed by atoms with van der Waals surface area (Å²) in [6.45, 7) is 6.18. The smallest absolute Gasteiger partial charge is 0.234 e. The third-order valence-electron chi connectivity index (χ3n) is 7.90. The van der Waals surface area contributed by atoms with Gasteiger partial charge in [-0.05, 0) is 49.8 Å². The van der Waals surface area contributed by atoms with Gasteiger partial charge in [-0.1, -0.05) is 46.0 Å². The van der Waals surface area contributed by atoms with Crippen LogP contribution in [0.3, 0.4) is 0 Å². The topological polar surface area (TPSA) is 71.0 Å². The van der Waals surface area contributed by atoms with Gasteiger partial charge in [-0.25, -0.2) is 0 Å². The van der Waals surface area contributed by atoms with E-state index < -0.39 is 5.60 Å². The molecular formula is C27H44N2O4. The van der Waals surface area contributed by atoms with E-state index in [1.807, 2.05) is 18.2 Å². The van der Waals surface area contributed by atoms with Gasteiger partial charge in [0.15, 0.2) is 0 Å². The van der Waals surface area contributed by atoms with E-state index in [4.69, 9.17) is 9.47 Å². The van der Waals surface area contributed by atoms with Crippen LogP contribution in [-0.4, -0.2) is 55.4 Å². The van der Waals surface area contributed by atoms with Crippen LogP contribution < -0.4 is 14.8 Å². The van der Waals surface area contributed by atoms with E-state index in [1.165, 1.54) is 12.8 Å². The fourth-order valence-corrected chi connectivity index (χ4v) is 5.85. The van der Waals surface area contributed by atoms with Gasteiger partial charge >= 0.3 is 0 Å². The lowest BCUT2D eigenvalue weighted by Gasteiger charge is -2.52. The molecule has 0 radical (unpaired) electrons. The van der Waals surface area contributed by atoms with Gasteiger partial charge < -0.3 is 19.9 Å². The lowest BCUT2D eigenvalue weighted by atomic mass is 9.66. The van der Waals surface area contributed by atoms with E-state index in [1.54, 1.807) is 14.2 Å². The number of rotatable bonds is 11. The van der Waals surface area contributed by atoms with Crippen molar-refractivity contribution in [3.05, 3.63) is 23.8 Å². The molecule has 0 spiro atoms. The predicted octanol–water partition coefficient (Wildman–Crippen LogP) is 4.70. The lowest BCUT2D eigenvalue weighted by molar-refractivity contribution is -0.138. The largest absolute Gasteiger partial charge is 0.497 e. The second-order valence-electron chi connectivity index (χ2n) is 9.95. The second kappa shape index (κ2) is 12.1. The maximum absolute atomic E-state index is 13.0. The lowest BCUT2D eigenvalue weighted by Crippen LogP contribution is -2.56. The van der Waals surface area contributed by atoms with Gasteiger partial charge in [0.25, 0.3) is 0 Å². The van der Waals surface area contributed by atoms with Gasteiger partial charge in [0, 0.05) is 30.6 Å². The predicted molar refractivity (Wildman–Crippen MR) is 132 cm³/mol. The highest BCUT2D eigenvalue weighted by atomic mass is 16.5. The van der Waals surface area contributed by atoms with Crippen molar-refractivity contribution in [2.45, 2.75) is 83.3 Å². The Bertz CT molecular complexity index is 770. The number of carbonyl (C=O) groups is 1. The number of aliphatic hydroxyl groups is 1. The van der Waals surface area contributed by atoms with Gasteiger partial charge in [-0.3, -0.25) is 9.69 Å². The summed E-state index contributed by atoms with van der Waals surface area (Å²) in [6, 6.07) is 5.77. The van der Waals surface area contributed by atoms with Crippen LogP contribution in [-0.2, 0) is 4.79 Å². The monoisotopic (exact) mass is 460 g/mol. The number of hydrogen-bond donors (Lipinski definition) is 2. The molecule has 0 bridgehead atoms. The number of hydrogen-bond acceptors (Lipinski definition) is 5. The number of methoxy groups -OCH3 is 2. The molecule has 2 N–H and O–H groups in total. The molecule has 2 aliphatic rings. The molecule has 2 fully saturated rings. The molecule has 1 heterocycles. The van der Waals surface area contributed by atoms with Crippen molar-refractivity contribution in [2.75, 3.05) is 33.9 Å². The van der Waals surface area contributed by atoms with Crippen molar-refractivity contribution >= 4 is 5.91 Å². The Balaban J connectivity index is 1.82. The van der Waals surface area contributed by atoms with E-state index in [0.29, 0.717) is 25.4 Å². The first-order valence-corrected chi connectivity index (χ1v) is 12.9. The minimum atomic E-state index is -0.683. The number of ether oxygens (including phenoxy) is 2. The van der Waals surface area contributed by atoms with Gasteiger partial charge in [0.1, 0.15) is 11.5 Å². The first-order valence-electron chi connectivity index (χ1n) is 12.9. The molecule has 0 unspecified atom stereocenters. The molecule has 1 aromatic rings. The molecule has 0 aromatic heterocycles. The number of likely N-dealkylation sites (tertiary alicyclic amines) is 1. The Morgan fingerprint density at radius 1 is 1.24 bits per heavy atom. The van der Waals surface area contributed by atoms with Gasteiger partial charge in [-0.15, -0.1) is 0 Å². The quantitative estimate of drug-likeness (QED) is 0.501. The molecule has 6 nitrogen and oxygen atoms in total. The first kappa shape index (κ1) is 25.8. The van der Waals surface area contributed by atoms with E-state index in [9.17, 15) is 9.90 Å². The van der Waals surface area contributed by atoms with E-state index >= 15 is 0 Å². The highest BCUT2D eigenvalue weighted by Crippen LogP contribution is 2.51. The first-order chi connectivity index (χ1) is 16.0. The normalized spacial score (nSPS) is 26.3. The summed E-state index contributed by atoms with van der Waals surface area (Å²) < 4.78 is 11.2. The molecule has 1 aliphatic carbocycles. The average Bonchev–Trinajstić information content (AvgIpc) is 2.83. The maximum atomic E-state index is 13.0. The van der Waals surface area contributed by atoms with Crippen LogP contribution in [0, 0.1) is 11.8 Å². The fraction of sp³-hybridized carbons (Fsp3) is 0.741. The summed E-state index contributed by atoms with van der Waals surface area (Å²) in [5.74, 6) is 2.22. The standard InChI is InChI=1S/C27H44N2O4/c1-5-7-10-20(6-2)18-28-25(30)19-29-16-15-27(31)14-9-8-11-23(27)26(29)22-17-21(32-3)12-13-24(22)33-4/h12-13,17,20,23,26,31H,5-11,14-16,18-19H2,1-4H3,(H,28,30)/t20-,23+,26-,27-/m0/s1. The number of nitrogens with zero attached hydrogens (tertiary/aromatic N) is 1. The van der Waals surface area contributed by atoms with E-state index in [-0.39, 0.29) is 17.9 Å². The van der Waals surface area contributed by atoms with E-state index in [2.05, 4.69) is 24.1 Å². The summed E-state index contributed by atoms with van der Waals surface area (Å²) in [6.07, 6.45) is 9.30. The number of piperidine rings is 1. The third kappa shape index (κ3) is 6.21. The molecule has 33 heavy (non-hydrogen) atoms. The Morgan fingerprint density at radius 2 is 2.06 bits per heavy atom. The summed E-state index contributed by atoms with van der Waals surface area (Å²) in [4.78, 5) is 15.3.